The van der Waals surface area contributed by atoms with Crippen molar-refractivity contribution < 1.29 is 9.53 Å². The van der Waals surface area contributed by atoms with Gasteiger partial charge in [-0.25, -0.2) is 4.98 Å². The van der Waals surface area contributed by atoms with E-state index in [2.05, 4.69) is 15.6 Å². The predicted octanol–water partition coefficient (Wildman–Crippen LogP) is 5.13. The molecule has 2 aromatic rings. The number of pyridine rings is 1. The van der Waals surface area contributed by atoms with Crippen LogP contribution in [0.15, 0.2) is 36.5 Å². The molecule has 1 aromatic carbocycles. The van der Waals surface area contributed by atoms with Crippen molar-refractivity contribution in [2.75, 3.05) is 17.7 Å². The molecule has 6 heteroatoms. The Morgan fingerprint density at radius 2 is 1.92 bits per heavy atom. The summed E-state index contributed by atoms with van der Waals surface area (Å²) in [5, 5.41) is 6.83. The fraction of sp³-hybridized carbons (Fsp3) is 0.400. The highest BCUT2D eigenvalue weighted by molar-refractivity contribution is 6.31. The maximum absolute atomic E-state index is 12.5. The number of anilines is 2. The Kier molecular flexibility index (Phi) is 6.34. The Morgan fingerprint density at radius 3 is 2.58 bits per heavy atom. The minimum atomic E-state index is -0.251. The van der Waals surface area contributed by atoms with Gasteiger partial charge in [0.1, 0.15) is 11.6 Å². The van der Waals surface area contributed by atoms with Gasteiger partial charge >= 0.3 is 0 Å². The molecule has 0 radical (unpaired) electrons. The second kappa shape index (κ2) is 8.90. The first-order valence-corrected chi connectivity index (χ1v) is 9.41. The molecular weight excluding hydrogens is 350 g/mol. The summed E-state index contributed by atoms with van der Waals surface area (Å²) < 4.78 is 5.25. The van der Waals surface area contributed by atoms with E-state index in [-0.39, 0.29) is 5.91 Å². The van der Waals surface area contributed by atoms with Crippen LogP contribution >= 0.6 is 11.6 Å². The highest BCUT2D eigenvalue weighted by Gasteiger charge is 2.14. The van der Waals surface area contributed by atoms with E-state index >= 15 is 0 Å². The lowest BCUT2D eigenvalue weighted by Crippen LogP contribution is -2.19. The van der Waals surface area contributed by atoms with E-state index in [4.69, 9.17) is 16.3 Å². The van der Waals surface area contributed by atoms with Crippen molar-refractivity contribution in [3.63, 3.8) is 0 Å². The Hall–Kier alpha value is -2.27. The zero-order chi connectivity index (χ0) is 18.4. The van der Waals surface area contributed by atoms with Gasteiger partial charge in [0.2, 0.25) is 0 Å². The van der Waals surface area contributed by atoms with E-state index in [9.17, 15) is 4.79 Å². The number of nitrogens with one attached hydrogen (secondary N) is 2. The van der Waals surface area contributed by atoms with Crippen LogP contribution in [-0.2, 0) is 0 Å². The van der Waals surface area contributed by atoms with E-state index in [0.717, 1.165) is 5.82 Å². The average molecular weight is 374 g/mol. The second-order valence-corrected chi connectivity index (χ2v) is 7.00. The Balaban J connectivity index is 1.64. The van der Waals surface area contributed by atoms with Crippen molar-refractivity contribution in [3.8, 4) is 5.75 Å². The predicted molar refractivity (Wildman–Crippen MR) is 105 cm³/mol. The van der Waals surface area contributed by atoms with Crippen LogP contribution in [0, 0.1) is 0 Å². The van der Waals surface area contributed by atoms with Gasteiger partial charge in [-0.3, -0.25) is 4.79 Å². The molecule has 2 N–H and O–H groups in total. The van der Waals surface area contributed by atoms with Crippen LogP contribution in [0.25, 0.3) is 0 Å². The van der Waals surface area contributed by atoms with Crippen LogP contribution in [0.3, 0.4) is 0 Å². The summed E-state index contributed by atoms with van der Waals surface area (Å²) in [7, 11) is 1.55. The number of aromatic nitrogens is 1. The molecule has 0 spiro atoms. The monoisotopic (exact) mass is 373 g/mol. The van der Waals surface area contributed by atoms with Gasteiger partial charge in [-0.2, -0.15) is 0 Å². The molecule has 1 aliphatic rings. The third-order valence-corrected chi connectivity index (χ3v) is 4.88. The molecule has 0 atom stereocenters. The molecule has 1 aliphatic carbocycles. The van der Waals surface area contributed by atoms with Crippen molar-refractivity contribution in [3.05, 3.63) is 47.1 Å². The van der Waals surface area contributed by atoms with Crippen LogP contribution in [0.2, 0.25) is 5.02 Å². The lowest BCUT2D eigenvalue weighted by molar-refractivity contribution is 0.102. The van der Waals surface area contributed by atoms with Crippen LogP contribution in [0.5, 0.6) is 5.75 Å². The van der Waals surface area contributed by atoms with E-state index in [1.807, 2.05) is 6.07 Å². The molecule has 138 valence electrons. The van der Waals surface area contributed by atoms with Gasteiger partial charge in [-0.15, -0.1) is 0 Å². The van der Waals surface area contributed by atoms with Gasteiger partial charge < -0.3 is 15.4 Å². The van der Waals surface area contributed by atoms with E-state index in [0.29, 0.717) is 28.1 Å². The van der Waals surface area contributed by atoms with E-state index in [1.165, 1.54) is 38.5 Å². The van der Waals surface area contributed by atoms with Crippen molar-refractivity contribution in [1.29, 1.82) is 0 Å². The zero-order valence-electron chi connectivity index (χ0n) is 14.9. The third kappa shape index (κ3) is 4.88. The largest absolute Gasteiger partial charge is 0.495 e. The summed E-state index contributed by atoms with van der Waals surface area (Å²) in [6.07, 6.45) is 9.11. The number of hydrogen-bond acceptors (Lipinski definition) is 4. The standard InChI is InChI=1S/C20H24ClN3O2/c1-26-18-10-9-15(21)12-17(18)24-20(25)14-8-11-19(22-13-14)23-16-6-4-2-3-5-7-16/h8-13,16H,2-7H2,1H3,(H,22,23)(H,24,25). The molecular formula is C20H24ClN3O2. The summed E-state index contributed by atoms with van der Waals surface area (Å²) in [4.78, 5) is 16.9. The minimum Gasteiger partial charge on any atom is -0.495 e. The number of methoxy groups -OCH3 is 1. The fourth-order valence-corrected chi connectivity index (χ4v) is 3.39. The minimum absolute atomic E-state index is 0.251. The van der Waals surface area contributed by atoms with E-state index in [1.54, 1.807) is 37.6 Å². The summed E-state index contributed by atoms with van der Waals surface area (Å²) in [6, 6.07) is 9.20. The second-order valence-electron chi connectivity index (χ2n) is 6.56. The van der Waals surface area contributed by atoms with Crippen LogP contribution in [0.4, 0.5) is 11.5 Å². The number of carbonyl (C=O) groups excluding carboxylic acids is 1. The van der Waals surface area contributed by atoms with Gasteiger partial charge in [0.25, 0.3) is 5.91 Å². The van der Waals surface area contributed by atoms with E-state index < -0.39 is 0 Å². The zero-order valence-corrected chi connectivity index (χ0v) is 15.7. The lowest BCUT2D eigenvalue weighted by atomic mass is 10.1. The maximum Gasteiger partial charge on any atom is 0.257 e. The Morgan fingerprint density at radius 1 is 1.15 bits per heavy atom. The van der Waals surface area contributed by atoms with Crippen LogP contribution in [0.1, 0.15) is 48.9 Å². The summed E-state index contributed by atoms with van der Waals surface area (Å²) >= 11 is 6.00. The number of ether oxygens (including phenoxy) is 1. The molecule has 0 aliphatic heterocycles. The average Bonchev–Trinajstić information content (AvgIpc) is 2.91. The molecule has 3 rings (SSSR count). The summed E-state index contributed by atoms with van der Waals surface area (Å²) in [6.45, 7) is 0. The maximum atomic E-state index is 12.5. The molecule has 1 amide bonds. The number of hydrogen-bond donors (Lipinski definition) is 2. The van der Waals surface area contributed by atoms with Crippen molar-refractivity contribution in [1.82, 2.24) is 4.98 Å². The van der Waals surface area contributed by atoms with Crippen molar-refractivity contribution in [2.24, 2.45) is 0 Å². The highest BCUT2D eigenvalue weighted by atomic mass is 35.5. The molecule has 1 fully saturated rings. The molecule has 5 nitrogen and oxygen atoms in total. The first-order chi connectivity index (χ1) is 12.7. The smallest absolute Gasteiger partial charge is 0.257 e. The van der Waals surface area contributed by atoms with Crippen molar-refractivity contribution in [2.45, 2.75) is 44.6 Å². The van der Waals surface area contributed by atoms with Gasteiger partial charge in [0, 0.05) is 17.3 Å². The van der Waals surface area contributed by atoms with Crippen LogP contribution < -0.4 is 15.4 Å². The first kappa shape index (κ1) is 18.5. The molecule has 1 aromatic heterocycles. The Bertz CT molecular complexity index is 741. The molecule has 0 unspecified atom stereocenters. The number of halogens is 1. The third-order valence-electron chi connectivity index (χ3n) is 4.64. The number of carbonyl (C=O) groups is 1. The number of benzene rings is 1. The fourth-order valence-electron chi connectivity index (χ4n) is 3.22. The van der Waals surface area contributed by atoms with Gasteiger partial charge in [-0.05, 0) is 43.2 Å². The number of amides is 1. The molecule has 1 saturated carbocycles. The molecule has 0 saturated heterocycles. The van der Waals surface area contributed by atoms with Crippen molar-refractivity contribution >= 4 is 29.0 Å². The lowest BCUT2D eigenvalue weighted by Gasteiger charge is -2.17. The normalized spacial score (nSPS) is 15.2. The molecule has 1 heterocycles. The van der Waals surface area contributed by atoms with Crippen LogP contribution in [-0.4, -0.2) is 24.0 Å². The molecule has 0 bridgehead atoms. The highest BCUT2D eigenvalue weighted by Crippen LogP contribution is 2.28. The molecule has 26 heavy (non-hydrogen) atoms. The van der Waals surface area contributed by atoms with Gasteiger partial charge in [0.05, 0.1) is 18.4 Å². The topological polar surface area (TPSA) is 63.2 Å². The van der Waals surface area contributed by atoms with Gasteiger partial charge in [-0.1, -0.05) is 37.3 Å². The number of nitrogens with zero attached hydrogens (tertiary/aromatic N) is 1. The number of rotatable bonds is 5. The first-order valence-electron chi connectivity index (χ1n) is 9.03. The van der Waals surface area contributed by atoms with Gasteiger partial charge in [0.15, 0.2) is 0 Å². The Labute approximate surface area is 159 Å². The SMILES string of the molecule is COc1ccc(Cl)cc1NC(=O)c1ccc(NC2CCCCCC2)nc1. The summed E-state index contributed by atoms with van der Waals surface area (Å²) in [5.41, 5.74) is 1.02. The summed E-state index contributed by atoms with van der Waals surface area (Å²) in [5.74, 6) is 1.12. The quantitative estimate of drug-likeness (QED) is 0.713.